The molecule has 0 saturated heterocycles. The monoisotopic (exact) mass is 281 g/mol. The number of carboxylic acid groups (broad SMARTS) is 1. The maximum Gasteiger partial charge on any atom is 0.328 e. The van der Waals surface area contributed by atoms with Crippen molar-refractivity contribution in [1.82, 2.24) is 5.32 Å². The lowest BCUT2D eigenvalue weighted by Crippen LogP contribution is -2.34. The zero-order valence-electron chi connectivity index (χ0n) is 11.2. The molecule has 0 aromatic carbocycles. The molecule has 2 N–H and O–H groups in total. The minimum absolute atomic E-state index is 0.125. The van der Waals surface area contributed by atoms with E-state index >= 15 is 0 Å². The zero-order chi connectivity index (χ0) is 14.3. The summed E-state index contributed by atoms with van der Waals surface area (Å²) in [5, 5.41) is 13.4. The molecule has 0 bridgehead atoms. The lowest BCUT2D eigenvalue weighted by atomic mass is 10.1. The molecule has 1 rings (SSSR count). The Balaban J connectivity index is 2.77. The van der Waals surface area contributed by atoms with Gasteiger partial charge in [0.1, 0.15) is 0 Å². The van der Waals surface area contributed by atoms with E-state index in [9.17, 15) is 9.59 Å². The van der Waals surface area contributed by atoms with Gasteiger partial charge >= 0.3 is 5.97 Å². The third-order valence-corrected chi connectivity index (χ3v) is 3.70. The lowest BCUT2D eigenvalue weighted by molar-refractivity contribution is -0.131. The average Bonchev–Trinajstić information content (AvgIpc) is 2.84. The van der Waals surface area contributed by atoms with Gasteiger partial charge in [0.15, 0.2) is 0 Å². The summed E-state index contributed by atoms with van der Waals surface area (Å²) in [5.74, 6) is -1.14. The van der Waals surface area contributed by atoms with Crippen LogP contribution in [0.25, 0.3) is 6.08 Å². The van der Waals surface area contributed by atoms with E-state index in [2.05, 4.69) is 12.2 Å². The second kappa shape index (κ2) is 7.74. The van der Waals surface area contributed by atoms with Crippen LogP contribution in [-0.4, -0.2) is 23.0 Å². The van der Waals surface area contributed by atoms with Crippen LogP contribution in [-0.2, 0) is 4.79 Å². The Morgan fingerprint density at radius 3 is 2.79 bits per heavy atom. The molecule has 0 radical (unpaired) electrons. The molecule has 1 unspecified atom stereocenters. The van der Waals surface area contributed by atoms with Crippen LogP contribution in [0.2, 0.25) is 0 Å². The van der Waals surface area contributed by atoms with Crippen molar-refractivity contribution in [1.29, 1.82) is 0 Å². The number of hydrogen-bond donors (Lipinski definition) is 2. The summed E-state index contributed by atoms with van der Waals surface area (Å²) in [6.45, 7) is 4.13. The van der Waals surface area contributed by atoms with Gasteiger partial charge in [-0.3, -0.25) is 4.79 Å². The fourth-order valence-corrected chi connectivity index (χ4v) is 2.56. The van der Waals surface area contributed by atoms with Crippen LogP contribution in [0.1, 0.15) is 48.3 Å². The zero-order valence-corrected chi connectivity index (χ0v) is 12.0. The largest absolute Gasteiger partial charge is 0.478 e. The first-order chi connectivity index (χ1) is 9.08. The van der Waals surface area contributed by atoms with Gasteiger partial charge in [-0.25, -0.2) is 4.79 Å². The molecule has 0 aliphatic rings. The third kappa shape index (κ3) is 4.87. The molecule has 0 aliphatic heterocycles. The number of amides is 1. The Morgan fingerprint density at radius 1 is 1.47 bits per heavy atom. The van der Waals surface area contributed by atoms with Crippen molar-refractivity contribution >= 4 is 29.3 Å². The van der Waals surface area contributed by atoms with Gasteiger partial charge in [-0.1, -0.05) is 20.3 Å². The van der Waals surface area contributed by atoms with E-state index in [0.717, 1.165) is 25.3 Å². The van der Waals surface area contributed by atoms with Gasteiger partial charge in [-0.2, -0.15) is 0 Å². The first kappa shape index (κ1) is 15.4. The number of carboxylic acids is 1. The van der Waals surface area contributed by atoms with Crippen molar-refractivity contribution in [3.05, 3.63) is 28.0 Å². The van der Waals surface area contributed by atoms with E-state index in [0.29, 0.717) is 10.4 Å². The molecular formula is C14H19NO3S. The van der Waals surface area contributed by atoms with Crippen molar-refractivity contribution < 1.29 is 14.7 Å². The van der Waals surface area contributed by atoms with Crippen LogP contribution in [0.15, 0.2) is 17.5 Å². The van der Waals surface area contributed by atoms with E-state index in [4.69, 9.17) is 5.11 Å². The normalized spacial score (nSPS) is 12.5. The van der Waals surface area contributed by atoms with Gasteiger partial charge in [-0.15, -0.1) is 11.3 Å². The van der Waals surface area contributed by atoms with Gasteiger partial charge in [0.2, 0.25) is 0 Å². The van der Waals surface area contributed by atoms with E-state index in [1.165, 1.54) is 17.4 Å². The predicted molar refractivity (Wildman–Crippen MR) is 77.4 cm³/mol. The van der Waals surface area contributed by atoms with Gasteiger partial charge < -0.3 is 10.4 Å². The molecule has 104 valence electrons. The second-order valence-corrected chi connectivity index (χ2v) is 5.16. The highest BCUT2D eigenvalue weighted by Gasteiger charge is 2.15. The highest BCUT2D eigenvalue weighted by atomic mass is 32.1. The summed E-state index contributed by atoms with van der Waals surface area (Å²) in [6, 6.07) is 1.93. The van der Waals surface area contributed by atoms with E-state index < -0.39 is 5.97 Å². The first-order valence-electron chi connectivity index (χ1n) is 6.37. The van der Waals surface area contributed by atoms with Crippen LogP contribution in [0, 0.1) is 0 Å². The molecule has 0 saturated carbocycles. The maximum absolute atomic E-state index is 12.1. The standard InChI is InChI=1S/C14H19NO3S/c1-3-5-11(4-2)15-14(18)13-10(8-9-19-13)6-7-12(16)17/h6-9,11H,3-5H2,1-2H3,(H,15,18)(H,16,17). The number of hydrogen-bond acceptors (Lipinski definition) is 3. The fourth-order valence-electron chi connectivity index (χ4n) is 1.77. The molecule has 0 spiro atoms. The minimum Gasteiger partial charge on any atom is -0.478 e. The molecule has 0 fully saturated rings. The number of thiophene rings is 1. The van der Waals surface area contributed by atoms with Crippen LogP contribution in [0.5, 0.6) is 0 Å². The van der Waals surface area contributed by atoms with Gasteiger partial charge in [0.25, 0.3) is 5.91 Å². The highest BCUT2D eigenvalue weighted by molar-refractivity contribution is 7.12. The van der Waals surface area contributed by atoms with Crippen molar-refractivity contribution in [3.8, 4) is 0 Å². The Hall–Kier alpha value is -1.62. The molecule has 4 nitrogen and oxygen atoms in total. The Labute approximate surface area is 117 Å². The van der Waals surface area contributed by atoms with Crippen molar-refractivity contribution in [2.45, 2.75) is 39.2 Å². The molecule has 1 aromatic heterocycles. The summed E-state index contributed by atoms with van der Waals surface area (Å²) in [7, 11) is 0. The number of rotatable bonds is 7. The third-order valence-electron chi connectivity index (χ3n) is 2.77. The van der Waals surface area contributed by atoms with Crippen LogP contribution < -0.4 is 5.32 Å². The number of nitrogens with one attached hydrogen (secondary N) is 1. The van der Waals surface area contributed by atoms with Crippen molar-refractivity contribution in [2.75, 3.05) is 0 Å². The summed E-state index contributed by atoms with van der Waals surface area (Å²) in [6.07, 6.45) is 5.37. The van der Waals surface area contributed by atoms with Crippen molar-refractivity contribution in [2.24, 2.45) is 0 Å². The van der Waals surface area contributed by atoms with E-state index in [1.54, 1.807) is 11.4 Å². The number of aliphatic carboxylic acids is 1. The summed E-state index contributed by atoms with van der Waals surface area (Å²) >= 11 is 1.32. The Bertz CT molecular complexity index is 465. The summed E-state index contributed by atoms with van der Waals surface area (Å²) in [5.41, 5.74) is 0.649. The molecule has 5 heteroatoms. The van der Waals surface area contributed by atoms with Crippen LogP contribution in [0.3, 0.4) is 0 Å². The van der Waals surface area contributed by atoms with Gasteiger partial charge in [0, 0.05) is 12.1 Å². The second-order valence-electron chi connectivity index (χ2n) is 4.24. The highest BCUT2D eigenvalue weighted by Crippen LogP contribution is 2.19. The fraction of sp³-hybridized carbons (Fsp3) is 0.429. The summed E-state index contributed by atoms with van der Waals surface area (Å²) in [4.78, 5) is 23.2. The predicted octanol–water partition coefficient (Wildman–Crippen LogP) is 3.15. The Morgan fingerprint density at radius 2 is 2.21 bits per heavy atom. The minimum atomic E-state index is -1.02. The van der Waals surface area contributed by atoms with Crippen molar-refractivity contribution in [3.63, 3.8) is 0 Å². The SMILES string of the molecule is CCCC(CC)NC(=O)c1sccc1C=CC(=O)O. The molecular weight excluding hydrogens is 262 g/mol. The van der Waals surface area contributed by atoms with Gasteiger partial charge in [-0.05, 0) is 35.9 Å². The van der Waals surface area contributed by atoms with Crippen LogP contribution >= 0.6 is 11.3 Å². The van der Waals surface area contributed by atoms with Crippen LogP contribution in [0.4, 0.5) is 0 Å². The molecule has 1 heterocycles. The Kier molecular flexibility index (Phi) is 6.29. The molecule has 1 amide bonds. The maximum atomic E-state index is 12.1. The van der Waals surface area contributed by atoms with E-state index in [1.807, 2.05) is 6.92 Å². The quantitative estimate of drug-likeness (QED) is 0.754. The lowest BCUT2D eigenvalue weighted by Gasteiger charge is -2.15. The topological polar surface area (TPSA) is 66.4 Å². The first-order valence-corrected chi connectivity index (χ1v) is 7.25. The number of carbonyl (C=O) groups excluding carboxylic acids is 1. The van der Waals surface area contributed by atoms with E-state index in [-0.39, 0.29) is 11.9 Å². The molecule has 1 atom stereocenters. The molecule has 19 heavy (non-hydrogen) atoms. The molecule has 1 aromatic rings. The number of carbonyl (C=O) groups is 2. The van der Waals surface area contributed by atoms with Gasteiger partial charge in [0.05, 0.1) is 4.88 Å². The molecule has 0 aliphatic carbocycles. The summed E-state index contributed by atoms with van der Waals surface area (Å²) < 4.78 is 0. The average molecular weight is 281 g/mol. The smallest absolute Gasteiger partial charge is 0.328 e.